The molecule has 2 amide bonds. The van der Waals surface area contributed by atoms with Gasteiger partial charge in [0.05, 0.1) is 5.75 Å². The van der Waals surface area contributed by atoms with Crippen LogP contribution in [-0.2, 0) is 9.59 Å². The van der Waals surface area contributed by atoms with Crippen molar-refractivity contribution in [2.45, 2.75) is 45.4 Å². The Morgan fingerprint density at radius 2 is 1.81 bits per heavy atom. The fraction of sp³-hybridized carbons (Fsp3) is 0.364. The lowest BCUT2D eigenvalue weighted by Gasteiger charge is -2.25. The van der Waals surface area contributed by atoms with Gasteiger partial charge < -0.3 is 5.32 Å². The second kappa shape index (κ2) is 8.61. The summed E-state index contributed by atoms with van der Waals surface area (Å²) in [5, 5.41) is 2.90. The minimum absolute atomic E-state index is 0.0384. The number of unbranched alkanes of at least 4 members (excludes halogenated alkanes) is 1. The predicted octanol–water partition coefficient (Wildman–Crippen LogP) is 5.21. The molecule has 2 aromatic carbocycles. The normalized spacial score (nSPS) is 16.6. The molecule has 0 bridgehead atoms. The number of hydrogen-bond acceptors (Lipinski definition) is 3. The van der Waals surface area contributed by atoms with Crippen LogP contribution in [0.2, 0.25) is 0 Å². The van der Waals surface area contributed by atoms with Gasteiger partial charge in [-0.2, -0.15) is 0 Å². The molecule has 0 spiro atoms. The fourth-order valence-electron chi connectivity index (χ4n) is 3.33. The van der Waals surface area contributed by atoms with Gasteiger partial charge in [-0.15, -0.1) is 11.8 Å². The Morgan fingerprint density at radius 1 is 1.15 bits per heavy atom. The molecule has 1 aliphatic rings. The Hall–Kier alpha value is -2.27. The molecule has 27 heavy (non-hydrogen) atoms. The monoisotopic (exact) mass is 382 g/mol. The number of carbonyl (C=O) groups excluding carboxylic acids is 2. The maximum atomic E-state index is 12.5. The predicted molar refractivity (Wildman–Crippen MR) is 113 cm³/mol. The number of nitrogens with zero attached hydrogens (tertiary/aromatic N) is 1. The van der Waals surface area contributed by atoms with Crippen LogP contribution < -0.4 is 10.2 Å². The summed E-state index contributed by atoms with van der Waals surface area (Å²) in [7, 11) is 0. The number of benzene rings is 2. The smallest absolute Gasteiger partial charge is 0.238 e. The van der Waals surface area contributed by atoms with E-state index >= 15 is 0 Å². The zero-order valence-electron chi connectivity index (χ0n) is 16.1. The van der Waals surface area contributed by atoms with Gasteiger partial charge in [-0.1, -0.05) is 31.5 Å². The topological polar surface area (TPSA) is 49.4 Å². The van der Waals surface area contributed by atoms with Gasteiger partial charge in [0.25, 0.3) is 0 Å². The van der Waals surface area contributed by atoms with E-state index in [2.05, 4.69) is 44.3 Å². The summed E-state index contributed by atoms with van der Waals surface area (Å²) >= 11 is 1.64. The van der Waals surface area contributed by atoms with Crippen LogP contribution in [0.3, 0.4) is 0 Å². The maximum absolute atomic E-state index is 12.5. The van der Waals surface area contributed by atoms with Crippen molar-refractivity contribution in [2.75, 3.05) is 16.0 Å². The Kier molecular flexibility index (Phi) is 6.22. The Balaban J connectivity index is 1.78. The highest BCUT2D eigenvalue weighted by atomic mass is 32.2. The number of amides is 2. The molecule has 1 saturated heterocycles. The van der Waals surface area contributed by atoms with Crippen LogP contribution in [0.25, 0.3) is 0 Å². The van der Waals surface area contributed by atoms with Crippen molar-refractivity contribution in [3.8, 4) is 0 Å². The number of nitrogens with one attached hydrogen (secondary N) is 1. The zero-order valence-corrected chi connectivity index (χ0v) is 16.9. The number of thioether (sulfide) groups is 1. The molecule has 1 N–H and O–H groups in total. The van der Waals surface area contributed by atoms with Crippen molar-refractivity contribution in [3.05, 3.63) is 59.2 Å². The SMILES string of the molecule is CCCCC(=O)Nc1ccc(C2SCC(=O)N2c2cc(C)cc(C)c2)cc1. The molecule has 1 unspecified atom stereocenters. The van der Waals surface area contributed by atoms with Gasteiger partial charge in [0.2, 0.25) is 11.8 Å². The quantitative estimate of drug-likeness (QED) is 0.746. The molecule has 1 fully saturated rings. The van der Waals surface area contributed by atoms with Crippen molar-refractivity contribution < 1.29 is 9.59 Å². The highest BCUT2D eigenvalue weighted by Crippen LogP contribution is 2.42. The second-order valence-corrected chi connectivity index (χ2v) is 8.12. The van der Waals surface area contributed by atoms with E-state index in [9.17, 15) is 9.59 Å². The first-order chi connectivity index (χ1) is 13.0. The van der Waals surface area contributed by atoms with Gasteiger partial charge in [-0.25, -0.2) is 0 Å². The molecule has 0 aliphatic carbocycles. The molecule has 4 nitrogen and oxygen atoms in total. The van der Waals surface area contributed by atoms with Crippen molar-refractivity contribution in [3.63, 3.8) is 0 Å². The molecule has 1 aliphatic heterocycles. The van der Waals surface area contributed by atoms with Crippen molar-refractivity contribution in [2.24, 2.45) is 0 Å². The summed E-state index contributed by atoms with van der Waals surface area (Å²) in [6.07, 6.45) is 2.45. The summed E-state index contributed by atoms with van der Waals surface area (Å²) in [4.78, 5) is 26.3. The van der Waals surface area contributed by atoms with Crippen LogP contribution in [0.4, 0.5) is 11.4 Å². The van der Waals surface area contributed by atoms with Crippen LogP contribution in [0.15, 0.2) is 42.5 Å². The molecule has 2 aromatic rings. The standard InChI is InChI=1S/C22H26N2O2S/c1-4-5-6-20(25)23-18-9-7-17(8-10-18)22-24(21(26)14-27-22)19-12-15(2)11-16(3)13-19/h7-13,22H,4-6,14H2,1-3H3,(H,23,25). The Labute approximate surface area is 165 Å². The summed E-state index contributed by atoms with van der Waals surface area (Å²) in [6, 6.07) is 14.1. The lowest BCUT2D eigenvalue weighted by Crippen LogP contribution is -2.28. The number of aryl methyl sites for hydroxylation is 2. The van der Waals surface area contributed by atoms with Gasteiger partial charge in [0.15, 0.2) is 0 Å². The molecule has 0 saturated carbocycles. The maximum Gasteiger partial charge on any atom is 0.238 e. The van der Waals surface area contributed by atoms with Crippen molar-refractivity contribution >= 4 is 35.0 Å². The van der Waals surface area contributed by atoms with Gasteiger partial charge in [0.1, 0.15) is 5.37 Å². The van der Waals surface area contributed by atoms with E-state index in [0.29, 0.717) is 12.2 Å². The average Bonchev–Trinajstić information content (AvgIpc) is 3.01. The number of rotatable bonds is 6. The summed E-state index contributed by atoms with van der Waals surface area (Å²) in [6.45, 7) is 6.18. The van der Waals surface area contributed by atoms with Crippen LogP contribution in [-0.4, -0.2) is 17.6 Å². The van der Waals surface area contributed by atoms with E-state index < -0.39 is 0 Å². The van der Waals surface area contributed by atoms with E-state index in [4.69, 9.17) is 0 Å². The van der Waals surface area contributed by atoms with E-state index in [1.165, 1.54) is 0 Å². The first kappa shape index (κ1) is 19.5. The second-order valence-electron chi connectivity index (χ2n) is 7.05. The van der Waals surface area contributed by atoms with Gasteiger partial charge >= 0.3 is 0 Å². The van der Waals surface area contributed by atoms with E-state index in [1.807, 2.05) is 29.2 Å². The molecule has 142 valence electrons. The zero-order chi connectivity index (χ0) is 19.4. The third-order valence-electron chi connectivity index (χ3n) is 4.59. The molecule has 3 rings (SSSR count). The average molecular weight is 383 g/mol. The van der Waals surface area contributed by atoms with E-state index in [1.54, 1.807) is 11.8 Å². The van der Waals surface area contributed by atoms with Crippen LogP contribution >= 0.6 is 11.8 Å². The number of anilines is 2. The van der Waals surface area contributed by atoms with Gasteiger partial charge in [0, 0.05) is 17.8 Å². The van der Waals surface area contributed by atoms with E-state index in [-0.39, 0.29) is 17.2 Å². The third kappa shape index (κ3) is 4.72. The first-order valence-electron chi connectivity index (χ1n) is 9.39. The highest BCUT2D eigenvalue weighted by Gasteiger charge is 2.34. The Bertz CT molecular complexity index is 812. The molecule has 1 heterocycles. The van der Waals surface area contributed by atoms with E-state index in [0.717, 1.165) is 40.9 Å². The molecular formula is C22H26N2O2S. The number of carbonyl (C=O) groups is 2. The van der Waals surface area contributed by atoms with Crippen LogP contribution in [0, 0.1) is 13.8 Å². The van der Waals surface area contributed by atoms with Gasteiger partial charge in [-0.05, 0) is 61.2 Å². The van der Waals surface area contributed by atoms with Crippen molar-refractivity contribution in [1.82, 2.24) is 0 Å². The first-order valence-corrected chi connectivity index (χ1v) is 10.4. The molecule has 5 heteroatoms. The Morgan fingerprint density at radius 3 is 2.44 bits per heavy atom. The molecule has 1 atom stereocenters. The minimum atomic E-state index is -0.0384. The highest BCUT2D eigenvalue weighted by molar-refractivity contribution is 8.00. The lowest BCUT2D eigenvalue weighted by atomic mass is 10.1. The van der Waals surface area contributed by atoms with Crippen LogP contribution in [0.1, 0.15) is 48.3 Å². The molecule has 0 aromatic heterocycles. The molecular weight excluding hydrogens is 356 g/mol. The summed E-state index contributed by atoms with van der Waals surface area (Å²) in [5.74, 6) is 0.659. The summed E-state index contributed by atoms with van der Waals surface area (Å²) < 4.78 is 0. The minimum Gasteiger partial charge on any atom is -0.326 e. The fourth-order valence-corrected chi connectivity index (χ4v) is 4.51. The van der Waals surface area contributed by atoms with Crippen molar-refractivity contribution in [1.29, 1.82) is 0 Å². The third-order valence-corrected chi connectivity index (χ3v) is 5.80. The summed E-state index contributed by atoms with van der Waals surface area (Å²) in [5.41, 5.74) is 5.12. The van der Waals surface area contributed by atoms with Gasteiger partial charge in [-0.3, -0.25) is 14.5 Å². The lowest BCUT2D eigenvalue weighted by molar-refractivity contribution is -0.116. The van der Waals surface area contributed by atoms with Crippen LogP contribution in [0.5, 0.6) is 0 Å². The largest absolute Gasteiger partial charge is 0.326 e. The number of hydrogen-bond donors (Lipinski definition) is 1. The molecule has 0 radical (unpaired) electrons.